The summed E-state index contributed by atoms with van der Waals surface area (Å²) in [5.41, 5.74) is 0.750. The highest BCUT2D eigenvalue weighted by Gasteiger charge is 2.16. The first kappa shape index (κ1) is 10.7. The van der Waals surface area contributed by atoms with Gasteiger partial charge in [0, 0.05) is 6.26 Å². The monoisotopic (exact) mass is 209 g/mol. The molecule has 0 fully saturated rings. The average molecular weight is 209 g/mol. The number of hydrogen-bond donors (Lipinski definition) is 0. The van der Waals surface area contributed by atoms with Crippen molar-refractivity contribution in [1.82, 2.24) is 0 Å². The quantitative estimate of drug-likeness (QED) is 0.754. The molecule has 0 aromatic heterocycles. The Bertz CT molecular complexity index is 431. The van der Waals surface area contributed by atoms with Gasteiger partial charge in [0.05, 0.1) is 17.7 Å². The fourth-order valence-electron chi connectivity index (χ4n) is 1.20. The minimum absolute atomic E-state index is 0.118. The molecule has 0 amide bonds. The maximum absolute atomic E-state index is 11.0. The molecule has 1 aromatic carbocycles. The second-order valence-electron chi connectivity index (χ2n) is 3.18. The van der Waals surface area contributed by atoms with Crippen LogP contribution >= 0.6 is 0 Å². The minimum Gasteiger partial charge on any atom is -0.229 e. The van der Waals surface area contributed by atoms with Gasteiger partial charge in [-0.2, -0.15) is 5.26 Å². The first-order chi connectivity index (χ1) is 6.53. The fourth-order valence-corrected chi connectivity index (χ4v) is 2.07. The van der Waals surface area contributed by atoms with E-state index in [-0.39, 0.29) is 5.75 Å². The van der Waals surface area contributed by atoms with E-state index in [9.17, 15) is 8.42 Å². The van der Waals surface area contributed by atoms with Crippen molar-refractivity contribution in [1.29, 1.82) is 5.26 Å². The van der Waals surface area contributed by atoms with Gasteiger partial charge in [0.2, 0.25) is 0 Å². The predicted molar refractivity (Wildman–Crippen MR) is 54.5 cm³/mol. The molecular formula is C10H11NO2S. The van der Waals surface area contributed by atoms with E-state index in [0.717, 1.165) is 11.8 Å². The van der Waals surface area contributed by atoms with Crippen LogP contribution in [0.2, 0.25) is 0 Å². The number of nitrogens with zero attached hydrogens (tertiary/aromatic N) is 1. The molecular weight excluding hydrogens is 198 g/mol. The lowest BCUT2D eigenvalue weighted by atomic mass is 10.0. The Balaban J connectivity index is 2.91. The zero-order valence-corrected chi connectivity index (χ0v) is 8.66. The Morgan fingerprint density at radius 3 is 2.36 bits per heavy atom. The van der Waals surface area contributed by atoms with E-state index in [1.54, 1.807) is 24.3 Å². The van der Waals surface area contributed by atoms with Crippen LogP contribution in [0.3, 0.4) is 0 Å². The van der Waals surface area contributed by atoms with Crippen molar-refractivity contribution in [2.24, 2.45) is 0 Å². The summed E-state index contributed by atoms with van der Waals surface area (Å²) in [6, 6.07) is 10.9. The number of nitriles is 1. The number of hydrogen-bond acceptors (Lipinski definition) is 3. The lowest BCUT2D eigenvalue weighted by Gasteiger charge is -2.06. The number of rotatable bonds is 3. The van der Waals surface area contributed by atoms with Gasteiger partial charge in [0.15, 0.2) is 0 Å². The van der Waals surface area contributed by atoms with Crippen LogP contribution in [-0.4, -0.2) is 20.4 Å². The molecule has 3 nitrogen and oxygen atoms in total. The van der Waals surface area contributed by atoms with Gasteiger partial charge in [0.25, 0.3) is 0 Å². The van der Waals surface area contributed by atoms with Crippen LogP contribution in [0, 0.1) is 11.3 Å². The first-order valence-corrected chi connectivity index (χ1v) is 6.21. The Kier molecular flexibility index (Phi) is 3.26. The standard InChI is InChI=1S/C10H11NO2S/c1-14(12,13)8-10(7-11)9-5-3-2-4-6-9/h2-6,10H,8H2,1H3. The Morgan fingerprint density at radius 1 is 1.36 bits per heavy atom. The largest absolute Gasteiger partial charge is 0.229 e. The SMILES string of the molecule is CS(=O)(=O)CC(C#N)c1ccccc1. The van der Waals surface area contributed by atoms with Gasteiger partial charge in [-0.05, 0) is 5.56 Å². The van der Waals surface area contributed by atoms with E-state index in [2.05, 4.69) is 0 Å². The van der Waals surface area contributed by atoms with Gasteiger partial charge in [0.1, 0.15) is 9.84 Å². The first-order valence-electron chi connectivity index (χ1n) is 4.15. The molecule has 1 rings (SSSR count). The van der Waals surface area contributed by atoms with Gasteiger partial charge in [-0.25, -0.2) is 8.42 Å². The summed E-state index contributed by atoms with van der Waals surface area (Å²) < 4.78 is 22.0. The predicted octanol–water partition coefficient (Wildman–Crippen LogP) is 1.34. The number of sulfone groups is 1. The second kappa shape index (κ2) is 4.25. The van der Waals surface area contributed by atoms with Crippen molar-refractivity contribution in [2.75, 3.05) is 12.0 Å². The van der Waals surface area contributed by atoms with Gasteiger partial charge >= 0.3 is 0 Å². The van der Waals surface area contributed by atoms with Gasteiger partial charge < -0.3 is 0 Å². The molecule has 0 spiro atoms. The van der Waals surface area contributed by atoms with Crippen LogP contribution in [0.4, 0.5) is 0 Å². The summed E-state index contributed by atoms with van der Waals surface area (Å²) in [4.78, 5) is 0. The van der Waals surface area contributed by atoms with E-state index in [0.29, 0.717) is 0 Å². The van der Waals surface area contributed by atoms with Crippen molar-refractivity contribution in [3.63, 3.8) is 0 Å². The molecule has 0 aliphatic rings. The Morgan fingerprint density at radius 2 is 1.93 bits per heavy atom. The molecule has 0 heterocycles. The van der Waals surface area contributed by atoms with E-state index >= 15 is 0 Å². The van der Waals surface area contributed by atoms with Crippen molar-refractivity contribution in [3.8, 4) is 6.07 Å². The third-order valence-corrected chi connectivity index (χ3v) is 2.77. The van der Waals surface area contributed by atoms with Crippen LogP contribution in [0.5, 0.6) is 0 Å². The molecule has 0 aliphatic heterocycles. The maximum atomic E-state index is 11.0. The lowest BCUT2D eigenvalue weighted by molar-refractivity contribution is 0.599. The Hall–Kier alpha value is -1.34. The zero-order chi connectivity index (χ0) is 10.6. The van der Waals surface area contributed by atoms with Crippen LogP contribution in [-0.2, 0) is 9.84 Å². The molecule has 1 aromatic rings. The van der Waals surface area contributed by atoms with E-state index in [1.165, 1.54) is 0 Å². The summed E-state index contributed by atoms with van der Waals surface area (Å²) in [5.74, 6) is -0.681. The average Bonchev–Trinajstić information content (AvgIpc) is 2.14. The molecule has 4 heteroatoms. The van der Waals surface area contributed by atoms with Crippen molar-refractivity contribution in [3.05, 3.63) is 35.9 Å². The van der Waals surface area contributed by atoms with E-state index in [1.807, 2.05) is 12.1 Å². The smallest absolute Gasteiger partial charge is 0.149 e. The molecule has 0 aliphatic carbocycles. The van der Waals surface area contributed by atoms with E-state index < -0.39 is 15.8 Å². The lowest BCUT2D eigenvalue weighted by Crippen LogP contribution is -2.11. The summed E-state index contributed by atoms with van der Waals surface area (Å²) in [7, 11) is -3.11. The molecule has 0 bridgehead atoms. The zero-order valence-electron chi connectivity index (χ0n) is 7.84. The van der Waals surface area contributed by atoms with Crippen molar-refractivity contribution >= 4 is 9.84 Å². The van der Waals surface area contributed by atoms with Crippen LogP contribution < -0.4 is 0 Å². The summed E-state index contributed by atoms with van der Waals surface area (Å²) >= 11 is 0. The highest BCUT2D eigenvalue weighted by Crippen LogP contribution is 2.15. The molecule has 74 valence electrons. The topological polar surface area (TPSA) is 57.9 Å². The normalized spacial score (nSPS) is 13.1. The highest BCUT2D eigenvalue weighted by molar-refractivity contribution is 7.90. The van der Waals surface area contributed by atoms with Crippen LogP contribution in [0.1, 0.15) is 11.5 Å². The summed E-state index contributed by atoms with van der Waals surface area (Å²) in [5, 5.41) is 8.83. The molecule has 0 saturated heterocycles. The van der Waals surface area contributed by atoms with Gasteiger partial charge in [-0.3, -0.25) is 0 Å². The van der Waals surface area contributed by atoms with Crippen LogP contribution in [0.25, 0.3) is 0 Å². The molecule has 0 radical (unpaired) electrons. The van der Waals surface area contributed by atoms with Crippen molar-refractivity contribution < 1.29 is 8.42 Å². The molecule has 0 saturated carbocycles. The fraction of sp³-hybridized carbons (Fsp3) is 0.300. The molecule has 0 N–H and O–H groups in total. The summed E-state index contributed by atoms with van der Waals surface area (Å²) in [6.07, 6.45) is 1.14. The molecule has 14 heavy (non-hydrogen) atoms. The minimum atomic E-state index is -3.11. The Labute approximate surface area is 83.9 Å². The second-order valence-corrected chi connectivity index (χ2v) is 5.37. The van der Waals surface area contributed by atoms with Crippen molar-refractivity contribution in [2.45, 2.75) is 5.92 Å². The highest BCUT2D eigenvalue weighted by atomic mass is 32.2. The van der Waals surface area contributed by atoms with Gasteiger partial charge in [-0.1, -0.05) is 30.3 Å². The third kappa shape index (κ3) is 3.19. The molecule has 1 atom stereocenters. The third-order valence-electron chi connectivity index (χ3n) is 1.83. The summed E-state index contributed by atoms with van der Waals surface area (Å²) in [6.45, 7) is 0. The van der Waals surface area contributed by atoms with E-state index in [4.69, 9.17) is 5.26 Å². The number of benzene rings is 1. The molecule has 1 unspecified atom stereocenters. The maximum Gasteiger partial charge on any atom is 0.149 e. The van der Waals surface area contributed by atoms with Gasteiger partial charge in [-0.15, -0.1) is 0 Å². The van der Waals surface area contributed by atoms with Crippen LogP contribution in [0.15, 0.2) is 30.3 Å².